The molecule has 0 atom stereocenters. The lowest BCUT2D eigenvalue weighted by molar-refractivity contribution is 0.340. The van der Waals surface area contributed by atoms with Crippen LogP contribution in [-0.2, 0) is 25.0 Å². The van der Waals surface area contributed by atoms with Gasteiger partial charge in [-0.1, -0.05) is 66.3 Å². The number of aromatic nitrogens is 5. The average Bonchev–Trinajstić information content (AvgIpc) is 3.59. The maximum Gasteiger partial charge on any atom is 0.237 e. The molecule has 0 N–H and O–H groups in total. The minimum Gasteiger partial charge on any atom is -0.494 e. The zero-order valence-corrected chi connectivity index (χ0v) is 21.8. The van der Waals surface area contributed by atoms with Crippen LogP contribution < -0.4 is 4.74 Å². The third kappa shape index (κ3) is 6.09. The summed E-state index contributed by atoms with van der Waals surface area (Å²) in [5.74, 6) is 3.33. The summed E-state index contributed by atoms with van der Waals surface area (Å²) in [7, 11) is 0. The minimum absolute atomic E-state index is 0.494. The van der Waals surface area contributed by atoms with Gasteiger partial charge < -0.3 is 9.26 Å². The number of aryl methyl sites for hydroxylation is 3. The fraction of sp³-hybridized carbons (Fsp3) is 0.241. The highest BCUT2D eigenvalue weighted by Gasteiger charge is 2.17. The van der Waals surface area contributed by atoms with Crippen LogP contribution in [0, 0.1) is 0 Å². The maximum atomic E-state index is 5.54. The number of benzene rings is 3. The first-order valence-corrected chi connectivity index (χ1v) is 13.5. The Labute approximate surface area is 220 Å². The van der Waals surface area contributed by atoms with Crippen LogP contribution in [0.5, 0.6) is 5.75 Å². The summed E-state index contributed by atoms with van der Waals surface area (Å²) in [5, 5.41) is 14.0. The molecule has 5 rings (SSSR count). The molecule has 0 unspecified atom stereocenters. The topological polar surface area (TPSA) is 78.9 Å². The fourth-order valence-corrected chi connectivity index (χ4v) is 4.83. The zero-order valence-electron chi connectivity index (χ0n) is 21.0. The summed E-state index contributed by atoms with van der Waals surface area (Å²) in [6.07, 6.45) is 2.68. The first kappa shape index (κ1) is 24.8. The van der Waals surface area contributed by atoms with Gasteiger partial charge in [0.2, 0.25) is 11.7 Å². The van der Waals surface area contributed by atoms with E-state index in [1.165, 1.54) is 22.9 Å². The highest BCUT2D eigenvalue weighted by Crippen LogP contribution is 2.27. The van der Waals surface area contributed by atoms with Crippen molar-refractivity contribution in [3.05, 3.63) is 102 Å². The van der Waals surface area contributed by atoms with E-state index in [1.54, 1.807) is 0 Å². The molecule has 0 saturated heterocycles. The SMILES string of the molecule is CCOc1ccc(-c2noc(CSc3nnc(CCc4ccccc4)n3-c3ccc(CC)cc3)n2)cc1. The number of hydrogen-bond acceptors (Lipinski definition) is 7. The van der Waals surface area contributed by atoms with Crippen molar-refractivity contribution in [2.45, 2.75) is 44.0 Å². The Morgan fingerprint density at radius 1 is 0.838 bits per heavy atom. The van der Waals surface area contributed by atoms with Crippen LogP contribution >= 0.6 is 11.8 Å². The van der Waals surface area contributed by atoms with Crippen molar-refractivity contribution >= 4 is 11.8 Å². The predicted octanol–water partition coefficient (Wildman–Crippen LogP) is 6.36. The van der Waals surface area contributed by atoms with E-state index in [9.17, 15) is 0 Å². The maximum absolute atomic E-state index is 5.54. The molecule has 8 heteroatoms. The molecular formula is C29H29N5O2S. The van der Waals surface area contributed by atoms with Crippen LogP contribution in [-0.4, -0.2) is 31.5 Å². The Kier molecular flexibility index (Phi) is 7.96. The molecule has 37 heavy (non-hydrogen) atoms. The van der Waals surface area contributed by atoms with Gasteiger partial charge in [-0.05, 0) is 67.3 Å². The zero-order chi connectivity index (χ0) is 25.5. The smallest absolute Gasteiger partial charge is 0.237 e. The number of ether oxygens (including phenoxy) is 1. The van der Waals surface area contributed by atoms with E-state index in [4.69, 9.17) is 9.26 Å². The highest BCUT2D eigenvalue weighted by molar-refractivity contribution is 7.98. The molecule has 0 spiro atoms. The molecule has 0 amide bonds. The van der Waals surface area contributed by atoms with E-state index < -0.39 is 0 Å². The number of hydrogen-bond donors (Lipinski definition) is 0. The number of nitrogens with zero attached hydrogens (tertiary/aromatic N) is 5. The third-order valence-electron chi connectivity index (χ3n) is 6.00. The van der Waals surface area contributed by atoms with Gasteiger partial charge in [-0.3, -0.25) is 4.57 Å². The lowest BCUT2D eigenvalue weighted by atomic mass is 10.1. The Morgan fingerprint density at radius 3 is 2.35 bits per heavy atom. The lowest BCUT2D eigenvalue weighted by Crippen LogP contribution is -2.05. The van der Waals surface area contributed by atoms with Gasteiger partial charge in [0, 0.05) is 17.7 Å². The molecule has 2 aromatic heterocycles. The average molecular weight is 512 g/mol. The quantitative estimate of drug-likeness (QED) is 0.191. The summed E-state index contributed by atoms with van der Waals surface area (Å²) in [4.78, 5) is 4.58. The van der Waals surface area contributed by atoms with E-state index in [0.29, 0.717) is 24.1 Å². The largest absolute Gasteiger partial charge is 0.494 e. The molecule has 7 nitrogen and oxygen atoms in total. The molecule has 0 bridgehead atoms. The van der Waals surface area contributed by atoms with Gasteiger partial charge in [0.25, 0.3) is 0 Å². The van der Waals surface area contributed by atoms with E-state index in [0.717, 1.165) is 47.2 Å². The van der Waals surface area contributed by atoms with Crippen LogP contribution in [0.25, 0.3) is 17.1 Å². The molecule has 0 aliphatic carbocycles. The van der Waals surface area contributed by atoms with Gasteiger partial charge in [-0.15, -0.1) is 10.2 Å². The normalized spacial score (nSPS) is 11.1. The molecule has 0 saturated carbocycles. The minimum atomic E-state index is 0.494. The first-order valence-electron chi connectivity index (χ1n) is 12.5. The van der Waals surface area contributed by atoms with Crippen molar-refractivity contribution in [1.29, 1.82) is 0 Å². The fourth-order valence-electron chi connectivity index (χ4n) is 4.02. The van der Waals surface area contributed by atoms with Gasteiger partial charge in [0.15, 0.2) is 5.16 Å². The lowest BCUT2D eigenvalue weighted by Gasteiger charge is -2.11. The van der Waals surface area contributed by atoms with Gasteiger partial charge >= 0.3 is 0 Å². The van der Waals surface area contributed by atoms with Gasteiger partial charge in [0.1, 0.15) is 11.6 Å². The molecule has 0 aliphatic heterocycles. The standard InChI is InChI=1S/C29H29N5O2S/c1-3-21-10-15-24(16-11-21)34-26(19-12-22-8-6-5-7-9-22)31-32-29(34)37-20-27-30-28(33-36-27)23-13-17-25(18-14-23)35-4-2/h5-11,13-18H,3-4,12,19-20H2,1-2H3. The van der Waals surface area contributed by atoms with Crippen molar-refractivity contribution in [1.82, 2.24) is 24.9 Å². The van der Waals surface area contributed by atoms with Crippen LogP contribution in [0.4, 0.5) is 0 Å². The van der Waals surface area contributed by atoms with Crippen molar-refractivity contribution in [3.8, 4) is 22.8 Å². The number of rotatable bonds is 11. The summed E-state index contributed by atoms with van der Waals surface area (Å²) in [5.41, 5.74) is 4.50. The Bertz CT molecular complexity index is 1410. The first-order chi connectivity index (χ1) is 18.2. The van der Waals surface area contributed by atoms with Crippen molar-refractivity contribution in [2.24, 2.45) is 0 Å². The molecule has 2 heterocycles. The summed E-state index contributed by atoms with van der Waals surface area (Å²) in [6, 6.07) is 26.7. The third-order valence-corrected chi connectivity index (χ3v) is 6.91. The Balaban J connectivity index is 1.34. The van der Waals surface area contributed by atoms with E-state index in [1.807, 2.05) is 37.3 Å². The summed E-state index contributed by atoms with van der Waals surface area (Å²) >= 11 is 1.54. The molecule has 188 valence electrons. The highest BCUT2D eigenvalue weighted by atomic mass is 32.2. The van der Waals surface area contributed by atoms with E-state index in [-0.39, 0.29) is 0 Å². The Morgan fingerprint density at radius 2 is 1.62 bits per heavy atom. The second-order valence-electron chi connectivity index (χ2n) is 8.50. The van der Waals surface area contributed by atoms with Crippen molar-refractivity contribution in [2.75, 3.05) is 6.61 Å². The van der Waals surface area contributed by atoms with Gasteiger partial charge in [0.05, 0.1) is 12.4 Å². The van der Waals surface area contributed by atoms with Crippen LogP contribution in [0.1, 0.15) is 36.7 Å². The second kappa shape index (κ2) is 11.9. The Hall–Kier alpha value is -3.91. The molecule has 0 radical (unpaired) electrons. The molecule has 0 fully saturated rings. The van der Waals surface area contributed by atoms with Gasteiger partial charge in [-0.25, -0.2) is 0 Å². The number of thioether (sulfide) groups is 1. The monoisotopic (exact) mass is 511 g/mol. The van der Waals surface area contributed by atoms with Crippen molar-refractivity contribution in [3.63, 3.8) is 0 Å². The van der Waals surface area contributed by atoms with Crippen LogP contribution in [0.15, 0.2) is 88.5 Å². The molecule has 3 aromatic carbocycles. The van der Waals surface area contributed by atoms with Gasteiger partial charge in [-0.2, -0.15) is 4.98 Å². The van der Waals surface area contributed by atoms with Crippen LogP contribution in [0.2, 0.25) is 0 Å². The van der Waals surface area contributed by atoms with E-state index >= 15 is 0 Å². The summed E-state index contributed by atoms with van der Waals surface area (Å²) in [6.45, 7) is 4.75. The molecule has 0 aliphatic rings. The van der Waals surface area contributed by atoms with E-state index in [2.05, 4.69) is 80.4 Å². The molecule has 5 aromatic rings. The predicted molar refractivity (Wildman–Crippen MR) is 145 cm³/mol. The van der Waals surface area contributed by atoms with Crippen LogP contribution in [0.3, 0.4) is 0 Å². The summed E-state index contributed by atoms with van der Waals surface area (Å²) < 4.78 is 13.2. The molecular weight excluding hydrogens is 482 g/mol. The van der Waals surface area contributed by atoms with Crippen molar-refractivity contribution < 1.29 is 9.26 Å². The second-order valence-corrected chi connectivity index (χ2v) is 9.44.